The molecule has 20 heteroatoms. The molecule has 2 aromatic heterocycles. The van der Waals surface area contributed by atoms with Gasteiger partial charge in [0.15, 0.2) is 56.9 Å². The zero-order valence-corrected chi connectivity index (χ0v) is 26.8. The van der Waals surface area contributed by atoms with Gasteiger partial charge < -0.3 is 44.2 Å². The minimum atomic E-state index is -0.689. The van der Waals surface area contributed by atoms with Gasteiger partial charge in [0.25, 0.3) is 11.8 Å². The topological polar surface area (TPSA) is 297 Å². The van der Waals surface area contributed by atoms with Crippen LogP contribution in [0.25, 0.3) is 0 Å². The van der Waals surface area contributed by atoms with E-state index in [0.717, 1.165) is 50.4 Å². The first-order valence-electron chi connectivity index (χ1n) is 14.4. The minimum absolute atomic E-state index is 0.0673. The number of hydrogen-bond donors (Lipinski definition) is 8. The van der Waals surface area contributed by atoms with Crippen LogP contribution in [0, 0.1) is 0 Å². The van der Waals surface area contributed by atoms with E-state index in [0.29, 0.717) is 19.5 Å². The second kappa shape index (κ2) is 15.8. The van der Waals surface area contributed by atoms with Gasteiger partial charge in [0, 0.05) is 39.3 Å². The zero-order valence-electron chi connectivity index (χ0n) is 25.3. The summed E-state index contributed by atoms with van der Waals surface area (Å²) >= 11 is 11.7. The van der Waals surface area contributed by atoms with Crippen molar-refractivity contribution in [1.29, 1.82) is 0 Å². The molecule has 3 heterocycles. The van der Waals surface area contributed by atoms with E-state index in [9.17, 15) is 9.59 Å². The van der Waals surface area contributed by atoms with Crippen LogP contribution in [0.15, 0.2) is 34.3 Å². The molecule has 0 unspecified atom stereocenters. The molecular weight excluding hydrogens is 651 g/mol. The Morgan fingerprint density at radius 2 is 1.11 bits per heavy atom. The minimum Gasteiger partial charge on any atom is -0.382 e. The summed E-state index contributed by atoms with van der Waals surface area (Å²) in [6.07, 6.45) is 2.29. The van der Waals surface area contributed by atoms with Crippen LogP contribution in [0.3, 0.4) is 0 Å². The lowest BCUT2D eigenvalue weighted by atomic mass is 10.1. The van der Waals surface area contributed by atoms with Crippen molar-refractivity contribution < 1.29 is 9.59 Å². The molecule has 0 spiro atoms. The standard InChI is InChI=1S/C27H36Cl2N16O2/c28-18-22(32)40-20(30)16(38-18)24(46)42-26(34)36-8-3-4-10-44-12-13-45(15-7-2-1-6-14(15)44)11-5-9-37-27(35)43-25(47)17-21(31)41-23(33)19(29)39-17/h1-2,6-7H,3-5,8-13H2,(H4,30,32,40)(H4,31,33,41)(H3,34,36,42,46)(H3,35,37,43,47). The molecule has 250 valence electrons. The first-order chi connectivity index (χ1) is 22.4. The van der Waals surface area contributed by atoms with Gasteiger partial charge in [-0.15, -0.1) is 0 Å². The second-order valence-corrected chi connectivity index (χ2v) is 10.9. The molecule has 18 nitrogen and oxygen atoms in total. The first kappa shape index (κ1) is 34.5. The number of amides is 2. The number of anilines is 6. The molecule has 0 saturated carbocycles. The van der Waals surface area contributed by atoms with Gasteiger partial charge in [-0.2, -0.15) is 0 Å². The van der Waals surface area contributed by atoms with Crippen LogP contribution in [0.5, 0.6) is 0 Å². The summed E-state index contributed by atoms with van der Waals surface area (Å²) in [5.74, 6) is -2.00. The smallest absolute Gasteiger partial charge is 0.280 e. The van der Waals surface area contributed by atoms with Crippen molar-refractivity contribution in [2.45, 2.75) is 19.3 Å². The molecule has 0 saturated heterocycles. The van der Waals surface area contributed by atoms with E-state index in [1.54, 1.807) is 0 Å². The number of halogens is 2. The van der Waals surface area contributed by atoms with Gasteiger partial charge in [-0.05, 0) is 31.4 Å². The van der Waals surface area contributed by atoms with Crippen molar-refractivity contribution in [3.05, 3.63) is 46.0 Å². The van der Waals surface area contributed by atoms with E-state index >= 15 is 0 Å². The number of unbranched alkanes of at least 4 members (excludes halogenated alkanes) is 1. The molecule has 0 aliphatic carbocycles. The number of nitrogens with two attached hydrogens (primary N) is 6. The van der Waals surface area contributed by atoms with Gasteiger partial charge in [-0.3, -0.25) is 30.2 Å². The van der Waals surface area contributed by atoms with Crippen LogP contribution >= 0.6 is 23.2 Å². The third kappa shape index (κ3) is 9.10. The monoisotopic (exact) mass is 686 g/mol. The maximum Gasteiger partial charge on any atom is 0.280 e. The Kier molecular flexibility index (Phi) is 11.6. The number of hydrogen-bond acceptors (Lipinski definition) is 14. The number of nitrogens with one attached hydrogen (secondary N) is 2. The van der Waals surface area contributed by atoms with Gasteiger partial charge >= 0.3 is 0 Å². The van der Waals surface area contributed by atoms with Gasteiger partial charge in [-0.25, -0.2) is 19.9 Å². The Morgan fingerprint density at radius 1 is 0.681 bits per heavy atom. The van der Waals surface area contributed by atoms with Crippen molar-refractivity contribution in [1.82, 2.24) is 30.6 Å². The number of nitrogens with zero attached hydrogens (tertiary/aromatic N) is 8. The maximum atomic E-state index is 12.4. The Morgan fingerprint density at radius 3 is 1.57 bits per heavy atom. The maximum absolute atomic E-state index is 12.4. The van der Waals surface area contributed by atoms with Gasteiger partial charge in [0.1, 0.15) is 0 Å². The van der Waals surface area contributed by atoms with Crippen LogP contribution in [0.2, 0.25) is 10.3 Å². The molecule has 4 rings (SSSR count). The number of aliphatic imine (C=N–C) groups is 2. The molecule has 0 atom stereocenters. The third-order valence-corrected chi connectivity index (χ3v) is 7.47. The van der Waals surface area contributed by atoms with Crippen molar-refractivity contribution in [3.8, 4) is 0 Å². The van der Waals surface area contributed by atoms with E-state index in [1.807, 2.05) is 12.1 Å². The molecule has 0 bridgehead atoms. The molecule has 14 N–H and O–H groups in total. The van der Waals surface area contributed by atoms with Crippen molar-refractivity contribution >= 4 is 81.6 Å². The average Bonchev–Trinajstić information content (AvgIpc) is 3.03. The summed E-state index contributed by atoms with van der Waals surface area (Å²) < 4.78 is 0. The number of guanidine groups is 2. The number of nitrogen functional groups attached to an aromatic ring is 4. The highest BCUT2D eigenvalue weighted by atomic mass is 35.5. The second-order valence-electron chi connectivity index (χ2n) is 10.2. The third-order valence-electron chi connectivity index (χ3n) is 6.91. The van der Waals surface area contributed by atoms with Crippen LogP contribution in [-0.4, -0.2) is 82.9 Å². The van der Waals surface area contributed by atoms with Crippen molar-refractivity contribution in [2.24, 2.45) is 21.5 Å². The summed E-state index contributed by atoms with van der Waals surface area (Å²) in [5.41, 5.74) is 36.1. The summed E-state index contributed by atoms with van der Waals surface area (Å²) in [4.78, 5) is 53.2. The predicted octanol–water partition coefficient (Wildman–Crippen LogP) is 0.188. The highest BCUT2D eigenvalue weighted by Crippen LogP contribution is 2.33. The summed E-state index contributed by atoms with van der Waals surface area (Å²) in [5, 5.41) is 4.59. The zero-order chi connectivity index (χ0) is 34.1. The quantitative estimate of drug-likeness (QED) is 0.0758. The fourth-order valence-corrected chi connectivity index (χ4v) is 4.92. The molecular formula is C27H36Cl2N16O2. The van der Waals surface area contributed by atoms with E-state index < -0.39 is 11.8 Å². The first-order valence-corrected chi connectivity index (χ1v) is 15.2. The lowest BCUT2D eigenvalue weighted by Gasteiger charge is -2.39. The highest BCUT2D eigenvalue weighted by molar-refractivity contribution is 6.32. The Balaban J connectivity index is 1.21. The molecule has 3 aromatic rings. The van der Waals surface area contributed by atoms with Crippen molar-refractivity contribution in [2.75, 3.05) is 72.0 Å². The van der Waals surface area contributed by atoms with Crippen LogP contribution < -0.4 is 54.8 Å². The SMILES string of the molecule is NC(=NCCCCN1CCN(CCCN=C(N)NC(=O)c2nc(Cl)c(N)nc2N)c2ccccc21)NC(=O)c1nc(Cl)c(N)nc1N. The molecule has 0 radical (unpaired) electrons. The highest BCUT2D eigenvalue weighted by Gasteiger charge is 2.22. The van der Waals surface area contributed by atoms with Gasteiger partial charge in [-0.1, -0.05) is 35.3 Å². The largest absolute Gasteiger partial charge is 0.382 e. The summed E-state index contributed by atoms with van der Waals surface area (Å²) in [6, 6.07) is 8.19. The lowest BCUT2D eigenvalue weighted by Crippen LogP contribution is -2.42. The number of carbonyl (C=O) groups is 2. The van der Waals surface area contributed by atoms with E-state index in [4.69, 9.17) is 57.6 Å². The number of rotatable bonds is 11. The lowest BCUT2D eigenvalue weighted by molar-refractivity contribution is 0.0964. The van der Waals surface area contributed by atoms with E-state index in [1.165, 1.54) is 0 Å². The average molecular weight is 688 g/mol. The molecule has 1 aliphatic rings. The number of benzene rings is 1. The van der Waals surface area contributed by atoms with Crippen LogP contribution in [-0.2, 0) is 0 Å². The molecule has 1 aliphatic heterocycles. The van der Waals surface area contributed by atoms with Gasteiger partial charge in [0.05, 0.1) is 11.4 Å². The number of fused-ring (bicyclic) bond motifs is 1. The van der Waals surface area contributed by atoms with E-state index in [-0.39, 0.29) is 56.9 Å². The molecule has 0 fully saturated rings. The molecule has 1 aromatic carbocycles. The molecule has 2 amide bonds. The number of aromatic nitrogens is 4. The summed E-state index contributed by atoms with van der Waals surface area (Å²) in [7, 11) is 0. The molecule has 47 heavy (non-hydrogen) atoms. The van der Waals surface area contributed by atoms with Crippen LogP contribution in [0.1, 0.15) is 40.2 Å². The number of carbonyl (C=O) groups excluding carboxylic acids is 2. The van der Waals surface area contributed by atoms with E-state index in [2.05, 4.69) is 62.5 Å². The fourth-order valence-electron chi connectivity index (χ4n) is 4.67. The number of para-hydroxylation sites is 2. The van der Waals surface area contributed by atoms with Gasteiger partial charge in [0.2, 0.25) is 0 Å². The fraction of sp³-hybridized carbons (Fsp3) is 0.333. The predicted molar refractivity (Wildman–Crippen MR) is 184 cm³/mol. The summed E-state index contributed by atoms with van der Waals surface area (Å²) in [6.45, 7) is 4.01. The Bertz CT molecular complexity index is 1680. The van der Waals surface area contributed by atoms with Crippen LogP contribution in [0.4, 0.5) is 34.6 Å². The Hall–Kier alpha value is -5.36. The normalized spacial score (nSPS) is 13.3. The Labute approximate surface area is 280 Å². The van der Waals surface area contributed by atoms with Crippen molar-refractivity contribution in [3.63, 3.8) is 0 Å².